The number of hydrogen-bond acceptors (Lipinski definition) is 1. The van der Waals surface area contributed by atoms with E-state index >= 15 is 0 Å². The van der Waals surface area contributed by atoms with Crippen LogP contribution in [0.15, 0.2) is 54.6 Å². The van der Waals surface area contributed by atoms with E-state index in [9.17, 15) is 0 Å². The number of allylic oxidation sites excluding steroid dienone is 1. The van der Waals surface area contributed by atoms with E-state index in [2.05, 4.69) is 59.5 Å². The fourth-order valence-corrected chi connectivity index (χ4v) is 3.27. The summed E-state index contributed by atoms with van der Waals surface area (Å²) < 4.78 is 0. The zero-order valence-electron chi connectivity index (χ0n) is 11.0. The minimum absolute atomic E-state index is 0. The quantitative estimate of drug-likeness (QED) is 0.708. The molecule has 0 spiro atoms. The molecule has 0 unspecified atom stereocenters. The van der Waals surface area contributed by atoms with Crippen molar-refractivity contribution in [2.24, 2.45) is 0 Å². The standard InChI is InChI=1S/C18H17N.Li.H/c1-2-7-16-13-19(12-11-14(16)5-1)18-10-9-15-6-3-4-8-17(15)18;;/h1-8,10H,9,11-13H2;;. The van der Waals surface area contributed by atoms with Crippen LogP contribution in [-0.2, 0) is 19.4 Å². The van der Waals surface area contributed by atoms with Gasteiger partial charge in [-0.2, -0.15) is 0 Å². The van der Waals surface area contributed by atoms with Gasteiger partial charge in [0, 0.05) is 24.4 Å². The number of nitrogens with zero attached hydrogens (tertiary/aromatic N) is 1. The summed E-state index contributed by atoms with van der Waals surface area (Å²) in [4.78, 5) is 2.54. The molecular formula is C18H18LiN. The van der Waals surface area contributed by atoms with Crippen molar-refractivity contribution in [2.75, 3.05) is 6.54 Å². The first-order valence-corrected chi connectivity index (χ1v) is 7.02. The zero-order valence-corrected chi connectivity index (χ0v) is 11.0. The number of hydrogen-bond donors (Lipinski definition) is 0. The van der Waals surface area contributed by atoms with Crippen LogP contribution in [0, 0.1) is 0 Å². The van der Waals surface area contributed by atoms with Crippen molar-refractivity contribution >= 4 is 24.6 Å². The van der Waals surface area contributed by atoms with Crippen LogP contribution in [-0.4, -0.2) is 30.3 Å². The van der Waals surface area contributed by atoms with Gasteiger partial charge in [-0.3, -0.25) is 0 Å². The Hall–Kier alpha value is -1.42. The number of fused-ring (bicyclic) bond motifs is 2. The first-order chi connectivity index (χ1) is 9.42. The molecule has 1 aliphatic heterocycles. The number of benzene rings is 2. The van der Waals surface area contributed by atoms with Crippen LogP contribution in [0.5, 0.6) is 0 Å². The SMILES string of the molecule is C1=C(N2CCc3ccccc3C2)c2ccccc2C1.[LiH]. The fraction of sp³-hybridized carbons (Fsp3) is 0.222. The van der Waals surface area contributed by atoms with Crippen molar-refractivity contribution < 1.29 is 0 Å². The van der Waals surface area contributed by atoms with Gasteiger partial charge in [0.15, 0.2) is 0 Å². The second-order valence-corrected chi connectivity index (χ2v) is 5.39. The Balaban J connectivity index is 0.00000121. The van der Waals surface area contributed by atoms with E-state index < -0.39 is 0 Å². The van der Waals surface area contributed by atoms with Crippen molar-refractivity contribution in [2.45, 2.75) is 19.4 Å². The predicted octanol–water partition coefficient (Wildman–Crippen LogP) is 2.99. The van der Waals surface area contributed by atoms with E-state index in [1.807, 2.05) is 0 Å². The van der Waals surface area contributed by atoms with E-state index in [0.717, 1.165) is 25.9 Å². The van der Waals surface area contributed by atoms with Crippen LogP contribution in [0.3, 0.4) is 0 Å². The third-order valence-corrected chi connectivity index (χ3v) is 4.28. The van der Waals surface area contributed by atoms with Crippen LogP contribution in [0.1, 0.15) is 22.3 Å². The predicted molar refractivity (Wildman–Crippen MR) is 85.8 cm³/mol. The molecule has 0 N–H and O–H groups in total. The minimum atomic E-state index is 0. The summed E-state index contributed by atoms with van der Waals surface area (Å²) in [5, 5.41) is 0. The molecule has 1 nitrogen and oxygen atoms in total. The molecular weight excluding hydrogens is 237 g/mol. The molecule has 0 saturated carbocycles. The van der Waals surface area contributed by atoms with Crippen molar-refractivity contribution in [3.05, 3.63) is 76.9 Å². The Morgan fingerprint density at radius 3 is 2.35 bits per heavy atom. The van der Waals surface area contributed by atoms with Crippen LogP contribution in [0.25, 0.3) is 5.70 Å². The van der Waals surface area contributed by atoms with Crippen molar-refractivity contribution in [3.63, 3.8) is 0 Å². The van der Waals surface area contributed by atoms with E-state index in [0.29, 0.717) is 0 Å². The van der Waals surface area contributed by atoms with Gasteiger partial charge in [0.25, 0.3) is 0 Å². The Kier molecular flexibility index (Phi) is 3.74. The van der Waals surface area contributed by atoms with Crippen molar-refractivity contribution in [1.29, 1.82) is 0 Å². The Morgan fingerprint density at radius 1 is 0.800 bits per heavy atom. The Bertz CT molecular complexity index is 660. The first kappa shape index (κ1) is 13.6. The van der Waals surface area contributed by atoms with Gasteiger partial charge in [-0.05, 0) is 29.5 Å². The van der Waals surface area contributed by atoms with Crippen LogP contribution >= 0.6 is 0 Å². The molecule has 2 aromatic carbocycles. The summed E-state index contributed by atoms with van der Waals surface area (Å²) in [7, 11) is 0. The van der Waals surface area contributed by atoms with E-state index in [1.165, 1.54) is 28.0 Å². The molecule has 4 rings (SSSR count). The second kappa shape index (κ2) is 5.52. The fourth-order valence-electron chi connectivity index (χ4n) is 3.27. The summed E-state index contributed by atoms with van der Waals surface area (Å²) in [5.41, 5.74) is 7.34. The van der Waals surface area contributed by atoms with Crippen LogP contribution in [0.2, 0.25) is 0 Å². The van der Waals surface area contributed by atoms with Gasteiger partial charge in [-0.15, -0.1) is 0 Å². The van der Waals surface area contributed by atoms with E-state index in [-0.39, 0.29) is 18.9 Å². The maximum atomic E-state index is 2.54. The summed E-state index contributed by atoms with van der Waals surface area (Å²) in [5.74, 6) is 0. The molecule has 0 saturated heterocycles. The van der Waals surface area contributed by atoms with Gasteiger partial charge < -0.3 is 4.90 Å². The molecule has 0 atom stereocenters. The zero-order chi connectivity index (χ0) is 12.7. The molecule has 20 heavy (non-hydrogen) atoms. The third-order valence-electron chi connectivity index (χ3n) is 4.28. The maximum absolute atomic E-state index is 2.54. The second-order valence-electron chi connectivity index (χ2n) is 5.39. The van der Waals surface area contributed by atoms with Crippen molar-refractivity contribution in [3.8, 4) is 0 Å². The first-order valence-electron chi connectivity index (χ1n) is 7.02. The van der Waals surface area contributed by atoms with Crippen LogP contribution < -0.4 is 0 Å². The topological polar surface area (TPSA) is 3.24 Å². The molecule has 2 aromatic rings. The van der Waals surface area contributed by atoms with Gasteiger partial charge in [-0.1, -0.05) is 54.6 Å². The molecule has 96 valence electrons. The van der Waals surface area contributed by atoms with E-state index in [1.54, 1.807) is 0 Å². The van der Waals surface area contributed by atoms with Crippen LogP contribution in [0.4, 0.5) is 0 Å². The van der Waals surface area contributed by atoms with E-state index in [4.69, 9.17) is 0 Å². The molecule has 1 heterocycles. The molecule has 0 radical (unpaired) electrons. The average molecular weight is 255 g/mol. The summed E-state index contributed by atoms with van der Waals surface area (Å²) in [6.07, 6.45) is 4.64. The van der Waals surface area contributed by atoms with Crippen molar-refractivity contribution in [1.82, 2.24) is 4.90 Å². The molecule has 2 heteroatoms. The third kappa shape index (κ3) is 2.22. The monoisotopic (exact) mass is 255 g/mol. The number of rotatable bonds is 1. The van der Waals surface area contributed by atoms with Gasteiger partial charge in [0.1, 0.15) is 0 Å². The Morgan fingerprint density at radius 2 is 1.50 bits per heavy atom. The molecule has 0 aromatic heterocycles. The summed E-state index contributed by atoms with van der Waals surface area (Å²) >= 11 is 0. The van der Waals surface area contributed by atoms with Gasteiger partial charge in [0.05, 0.1) is 0 Å². The van der Waals surface area contributed by atoms with Gasteiger partial charge >= 0.3 is 18.9 Å². The van der Waals surface area contributed by atoms with Gasteiger partial charge in [0.2, 0.25) is 0 Å². The summed E-state index contributed by atoms with van der Waals surface area (Å²) in [6.45, 7) is 2.19. The molecule has 2 aliphatic rings. The summed E-state index contributed by atoms with van der Waals surface area (Å²) in [6, 6.07) is 17.6. The van der Waals surface area contributed by atoms with Gasteiger partial charge in [-0.25, -0.2) is 0 Å². The average Bonchev–Trinajstić information content (AvgIpc) is 2.91. The Labute approximate surface area is 132 Å². The molecule has 0 bridgehead atoms. The molecule has 0 fully saturated rings. The normalized spacial score (nSPS) is 16.0. The molecule has 0 amide bonds. The molecule has 1 aliphatic carbocycles.